The smallest absolute Gasteiger partial charge is 0.338 e. The predicted octanol–water partition coefficient (Wildman–Crippen LogP) is 3.94. The predicted molar refractivity (Wildman–Crippen MR) is 144 cm³/mol. The summed E-state index contributed by atoms with van der Waals surface area (Å²) >= 11 is -1.90. The maximum absolute atomic E-state index is 14.4. The molecule has 9 nitrogen and oxygen atoms in total. The lowest BCUT2D eigenvalue weighted by atomic mass is 9.70. The number of hydrogen-bond acceptors (Lipinski definition) is 8. The quantitative estimate of drug-likeness (QED) is 0.399. The monoisotopic (exact) mass is 559 g/mol. The number of carbonyl (C=O) groups excluding carboxylic acids is 1. The normalized spacial score (nSPS) is 25.2. The van der Waals surface area contributed by atoms with Gasteiger partial charge in [0.25, 0.3) is 10.0 Å². The third-order valence-electron chi connectivity index (χ3n) is 9.06. The first-order valence-electron chi connectivity index (χ1n) is 12.5. The highest BCUT2D eigenvalue weighted by Gasteiger charge is 2.70. The number of benzene rings is 1. The van der Waals surface area contributed by atoms with E-state index in [9.17, 15) is 17.8 Å². The summed E-state index contributed by atoms with van der Waals surface area (Å²) in [4.78, 5) is 22.6. The molecule has 4 atom stereocenters. The van der Waals surface area contributed by atoms with Crippen LogP contribution in [0.25, 0.3) is 11.0 Å². The summed E-state index contributed by atoms with van der Waals surface area (Å²) in [5.41, 5.74) is 1.46. The number of hydrogen-bond donors (Lipinski definition) is 0. The van der Waals surface area contributed by atoms with E-state index >= 15 is 0 Å². The number of rotatable bonds is 7. The van der Waals surface area contributed by atoms with Gasteiger partial charge in [0.2, 0.25) is 0 Å². The molecule has 0 spiro atoms. The van der Waals surface area contributed by atoms with Gasteiger partial charge in [0.1, 0.15) is 16.7 Å². The summed E-state index contributed by atoms with van der Waals surface area (Å²) in [6.45, 7) is 9.52. The van der Waals surface area contributed by atoms with Crippen LogP contribution in [0.4, 0.5) is 0 Å². The Morgan fingerprint density at radius 2 is 1.89 bits per heavy atom. The number of aryl methyl sites for hydroxylation is 1. The fraction of sp³-hybridized carbons (Fsp3) is 0.519. The minimum Gasteiger partial charge on any atom is -0.609 e. The van der Waals surface area contributed by atoms with Gasteiger partial charge in [0.15, 0.2) is 11.5 Å². The first kappa shape index (κ1) is 27.0. The second-order valence-corrected chi connectivity index (χ2v) is 14.3. The number of aromatic nitrogens is 3. The number of Topliss-reactive ketones (excluding diaryl/α,β-unsaturated/α-hetero) is 1. The molecule has 38 heavy (non-hydrogen) atoms. The third-order valence-corrected chi connectivity index (χ3v) is 12.5. The zero-order chi connectivity index (χ0) is 27.8. The molecule has 204 valence electrons. The molecule has 2 aromatic heterocycles. The molecule has 5 rings (SSSR count). The summed E-state index contributed by atoms with van der Waals surface area (Å²) in [5, 5.41) is -1.37. The van der Waals surface area contributed by atoms with Crippen molar-refractivity contribution in [2.45, 2.75) is 63.6 Å². The van der Waals surface area contributed by atoms with Crippen LogP contribution >= 0.6 is 0 Å². The van der Waals surface area contributed by atoms with Crippen LogP contribution in [0, 0.1) is 30.6 Å². The Morgan fingerprint density at radius 3 is 2.50 bits per heavy atom. The lowest BCUT2D eigenvalue weighted by Gasteiger charge is -2.32. The molecule has 2 saturated carbocycles. The van der Waals surface area contributed by atoms with Gasteiger partial charge in [0.05, 0.1) is 30.9 Å². The minimum atomic E-state index is -4.32. The van der Waals surface area contributed by atoms with E-state index < -0.39 is 37.3 Å². The highest BCUT2D eigenvalue weighted by atomic mass is 32.2. The van der Waals surface area contributed by atoms with E-state index in [1.54, 1.807) is 31.5 Å². The molecule has 3 aromatic rings. The van der Waals surface area contributed by atoms with Crippen LogP contribution in [0.2, 0.25) is 0 Å². The highest BCUT2D eigenvalue weighted by molar-refractivity contribution is 7.94. The number of imidazole rings is 1. The molecule has 0 saturated heterocycles. The second-order valence-electron chi connectivity index (χ2n) is 11.1. The zero-order valence-electron chi connectivity index (χ0n) is 22.7. The lowest BCUT2D eigenvalue weighted by Crippen LogP contribution is -2.42. The SMILES string of the molecule is COc1ccc2nc([S+]([O-])Cc3ncc(C)c(OC)c3C)n(S(=O)(=O)C3C(=O)C4(C)CCC3C4(C)C)c2c1. The van der Waals surface area contributed by atoms with Gasteiger partial charge in [0, 0.05) is 40.0 Å². The molecule has 2 bridgehead atoms. The summed E-state index contributed by atoms with van der Waals surface area (Å²) in [7, 11) is -1.28. The Morgan fingerprint density at radius 1 is 1.18 bits per heavy atom. The minimum absolute atomic E-state index is 0.0658. The molecule has 11 heteroatoms. The van der Waals surface area contributed by atoms with Crippen molar-refractivity contribution in [3.05, 3.63) is 41.2 Å². The van der Waals surface area contributed by atoms with Crippen molar-refractivity contribution in [2.24, 2.45) is 16.7 Å². The molecule has 2 aliphatic rings. The number of carbonyl (C=O) groups is 1. The van der Waals surface area contributed by atoms with Gasteiger partial charge in [-0.15, -0.1) is 0 Å². The van der Waals surface area contributed by atoms with Crippen molar-refractivity contribution in [3.8, 4) is 11.5 Å². The van der Waals surface area contributed by atoms with Gasteiger partial charge in [-0.05, 0) is 50.2 Å². The van der Waals surface area contributed by atoms with Crippen LogP contribution in [0.5, 0.6) is 11.5 Å². The average molecular weight is 560 g/mol. The van der Waals surface area contributed by atoms with E-state index in [0.29, 0.717) is 35.6 Å². The van der Waals surface area contributed by atoms with Crippen LogP contribution in [0.3, 0.4) is 0 Å². The Bertz CT molecular complexity index is 1560. The number of fused-ring (bicyclic) bond motifs is 3. The molecule has 1 aromatic carbocycles. The van der Waals surface area contributed by atoms with Gasteiger partial charge < -0.3 is 14.0 Å². The van der Waals surface area contributed by atoms with Gasteiger partial charge >= 0.3 is 5.16 Å². The van der Waals surface area contributed by atoms with Crippen molar-refractivity contribution in [3.63, 3.8) is 0 Å². The molecule has 0 aliphatic heterocycles. The van der Waals surface area contributed by atoms with Gasteiger partial charge in [-0.25, -0.2) is 8.42 Å². The van der Waals surface area contributed by atoms with Crippen LogP contribution in [-0.2, 0) is 31.7 Å². The van der Waals surface area contributed by atoms with Crippen LogP contribution in [0.15, 0.2) is 29.6 Å². The van der Waals surface area contributed by atoms with Crippen molar-refractivity contribution < 1.29 is 27.2 Å². The molecule has 2 fully saturated rings. The molecule has 4 unspecified atom stereocenters. The first-order chi connectivity index (χ1) is 17.8. The number of methoxy groups -OCH3 is 2. The molecule has 0 N–H and O–H groups in total. The molecule has 2 aliphatic carbocycles. The number of pyridine rings is 1. The van der Waals surface area contributed by atoms with Crippen molar-refractivity contribution in [1.82, 2.24) is 13.9 Å². The highest BCUT2D eigenvalue weighted by Crippen LogP contribution is 2.65. The molecule has 2 heterocycles. The Kier molecular flexibility index (Phi) is 6.35. The maximum atomic E-state index is 14.4. The van der Waals surface area contributed by atoms with E-state index in [0.717, 1.165) is 15.1 Å². The summed E-state index contributed by atoms with van der Waals surface area (Å²) in [6, 6.07) is 4.86. The van der Waals surface area contributed by atoms with Crippen molar-refractivity contribution >= 4 is 38.0 Å². The fourth-order valence-corrected chi connectivity index (χ4v) is 10.4. The third kappa shape index (κ3) is 3.61. The molecule has 0 radical (unpaired) electrons. The maximum Gasteiger partial charge on any atom is 0.338 e. The van der Waals surface area contributed by atoms with Gasteiger partial charge in [-0.2, -0.15) is 8.96 Å². The molecular formula is C27H33N3O6S2. The molecular weight excluding hydrogens is 526 g/mol. The second kappa shape index (κ2) is 8.96. The first-order valence-corrected chi connectivity index (χ1v) is 15.3. The van der Waals surface area contributed by atoms with Crippen LogP contribution in [0.1, 0.15) is 50.4 Å². The summed E-state index contributed by atoms with van der Waals surface area (Å²) in [6.07, 6.45) is 2.94. The van der Waals surface area contributed by atoms with Crippen LogP contribution < -0.4 is 9.47 Å². The Labute approximate surface area is 226 Å². The Hall–Kier alpha value is -2.63. The van der Waals surface area contributed by atoms with Gasteiger partial charge in [-0.1, -0.05) is 20.8 Å². The van der Waals surface area contributed by atoms with Crippen molar-refractivity contribution in [2.75, 3.05) is 14.2 Å². The topological polar surface area (TPSA) is 123 Å². The largest absolute Gasteiger partial charge is 0.609 e. The van der Waals surface area contributed by atoms with E-state index in [1.807, 2.05) is 34.6 Å². The van der Waals surface area contributed by atoms with Crippen molar-refractivity contribution in [1.29, 1.82) is 0 Å². The lowest BCUT2D eigenvalue weighted by molar-refractivity contribution is -0.127. The van der Waals surface area contributed by atoms with Gasteiger partial charge in [-0.3, -0.25) is 9.78 Å². The number of ether oxygens (including phenoxy) is 2. The average Bonchev–Trinajstić information content (AvgIpc) is 3.41. The van der Waals surface area contributed by atoms with E-state index in [1.165, 1.54) is 7.11 Å². The van der Waals surface area contributed by atoms with Crippen LogP contribution in [-0.4, -0.2) is 52.2 Å². The standard InChI is InChI=1S/C27H33N3O6S2/c1-15-13-28-20(16(2)22(15)36-7)14-37(32)25-29-19-9-8-17(35-6)12-21(19)30(25)38(33,34)23-18-10-11-27(5,24(23)31)26(18,3)4/h8-9,12-13,18,23H,10-11,14H2,1-7H3. The van der Waals surface area contributed by atoms with E-state index in [-0.39, 0.29) is 28.1 Å². The fourth-order valence-electron chi connectivity index (χ4n) is 6.39. The number of ketones is 1. The van der Waals surface area contributed by atoms with E-state index in [2.05, 4.69) is 9.97 Å². The Balaban J connectivity index is 1.67. The zero-order valence-corrected chi connectivity index (χ0v) is 24.3. The van der Waals surface area contributed by atoms with E-state index in [4.69, 9.17) is 9.47 Å². The summed E-state index contributed by atoms with van der Waals surface area (Å²) < 4.78 is 54.6. The summed E-state index contributed by atoms with van der Waals surface area (Å²) in [5.74, 6) is 0.379. The number of nitrogens with zero attached hydrogens (tertiary/aromatic N) is 3. The molecule has 0 amide bonds.